The van der Waals surface area contributed by atoms with Crippen molar-refractivity contribution < 1.29 is 4.79 Å². The van der Waals surface area contributed by atoms with Gasteiger partial charge in [-0.15, -0.1) is 0 Å². The normalized spacial score (nSPS) is 10.1. The summed E-state index contributed by atoms with van der Waals surface area (Å²) in [5, 5.41) is 0.468. The predicted molar refractivity (Wildman–Crippen MR) is 50.5 cm³/mol. The van der Waals surface area contributed by atoms with E-state index in [9.17, 15) is 4.79 Å². The minimum absolute atomic E-state index is 0.395. The van der Waals surface area contributed by atoms with Gasteiger partial charge in [0, 0.05) is 6.20 Å². The molecule has 0 atom stereocenters. The minimum atomic E-state index is 0.395. The second-order valence-corrected chi connectivity index (χ2v) is 3.03. The van der Waals surface area contributed by atoms with Gasteiger partial charge in [0.25, 0.3) is 0 Å². The summed E-state index contributed by atoms with van der Waals surface area (Å²) in [7, 11) is 0. The largest absolute Gasteiger partial charge is 0.272 e. The molecule has 0 amide bonds. The van der Waals surface area contributed by atoms with E-state index < -0.39 is 0 Å². The van der Waals surface area contributed by atoms with Crippen LogP contribution in [0.25, 0.3) is 5.78 Å². The van der Waals surface area contributed by atoms with Crippen LogP contribution in [0.3, 0.4) is 0 Å². The van der Waals surface area contributed by atoms with E-state index in [0.29, 0.717) is 22.3 Å². The second kappa shape index (κ2) is 3.21. The lowest BCUT2D eigenvalue weighted by Crippen LogP contribution is -1.86. The lowest BCUT2D eigenvalue weighted by molar-refractivity contribution is 0.565. The Morgan fingerprint density at radius 1 is 1.64 bits per heavy atom. The van der Waals surface area contributed by atoms with Crippen LogP contribution in [0.15, 0.2) is 17.4 Å². The highest BCUT2D eigenvalue weighted by Crippen LogP contribution is 2.18. The fourth-order valence-corrected chi connectivity index (χ4v) is 1.28. The summed E-state index contributed by atoms with van der Waals surface area (Å²) in [5.41, 5.74) is 1.08. The van der Waals surface area contributed by atoms with E-state index in [2.05, 4.69) is 15.0 Å². The predicted octanol–water partition coefficient (Wildman–Crippen LogP) is 1.66. The molecule has 0 radical (unpaired) electrons. The van der Waals surface area contributed by atoms with E-state index in [1.165, 1.54) is 12.3 Å². The number of fused-ring (bicyclic) bond motifs is 1. The van der Waals surface area contributed by atoms with Gasteiger partial charge in [-0.1, -0.05) is 11.6 Å². The fourth-order valence-electron chi connectivity index (χ4n) is 1.12. The molecule has 70 valence electrons. The number of imidazole rings is 1. The monoisotopic (exact) mass is 208 g/mol. The first-order chi connectivity index (χ1) is 6.72. The summed E-state index contributed by atoms with van der Waals surface area (Å²) in [6.07, 6.45) is 4.45. The smallest absolute Gasteiger partial charge is 0.240 e. The fraction of sp³-hybridized carbons (Fsp3) is 0.125. The number of nitrogens with zero attached hydrogens (tertiary/aromatic N) is 4. The number of isocyanates is 1. The van der Waals surface area contributed by atoms with Crippen LogP contribution >= 0.6 is 11.6 Å². The van der Waals surface area contributed by atoms with E-state index in [4.69, 9.17) is 11.6 Å². The first-order valence-corrected chi connectivity index (χ1v) is 4.18. The third kappa shape index (κ3) is 1.28. The summed E-state index contributed by atoms with van der Waals surface area (Å²) in [4.78, 5) is 21.5. The third-order valence-corrected chi connectivity index (χ3v) is 2.20. The molecule has 6 heteroatoms. The highest BCUT2D eigenvalue weighted by atomic mass is 35.5. The summed E-state index contributed by atoms with van der Waals surface area (Å²) >= 11 is 5.93. The first-order valence-electron chi connectivity index (χ1n) is 3.80. The van der Waals surface area contributed by atoms with Crippen molar-refractivity contribution in [2.24, 2.45) is 4.99 Å². The summed E-state index contributed by atoms with van der Waals surface area (Å²) in [6.45, 7) is 1.78. The van der Waals surface area contributed by atoms with Crippen molar-refractivity contribution in [1.29, 1.82) is 0 Å². The van der Waals surface area contributed by atoms with Gasteiger partial charge in [0.1, 0.15) is 10.8 Å². The maximum absolute atomic E-state index is 10.0. The number of carbonyl (C=O) groups excluding carboxylic acids is 1. The Hall–Kier alpha value is -1.71. The first kappa shape index (κ1) is 8.87. The molecule has 0 aliphatic heterocycles. The van der Waals surface area contributed by atoms with Gasteiger partial charge in [-0.2, -0.15) is 4.99 Å². The molecule has 14 heavy (non-hydrogen) atoms. The molecular weight excluding hydrogens is 204 g/mol. The Morgan fingerprint density at radius 3 is 3.14 bits per heavy atom. The maximum Gasteiger partial charge on any atom is 0.240 e. The van der Waals surface area contributed by atoms with Crippen LogP contribution in [0.2, 0.25) is 5.15 Å². The molecular formula is C8H5ClN4O. The average molecular weight is 209 g/mol. The lowest BCUT2D eigenvalue weighted by Gasteiger charge is -1.94. The SMILES string of the molecule is Cc1nc2ncc(N=C=O)cn2c1Cl. The summed E-state index contributed by atoms with van der Waals surface area (Å²) in [5.74, 6) is 0.484. The molecule has 0 aromatic carbocycles. The summed E-state index contributed by atoms with van der Waals surface area (Å²) in [6, 6.07) is 0. The maximum atomic E-state index is 10.0. The topological polar surface area (TPSA) is 59.6 Å². The van der Waals surface area contributed by atoms with Crippen molar-refractivity contribution in [3.05, 3.63) is 23.2 Å². The van der Waals surface area contributed by atoms with Gasteiger partial charge < -0.3 is 0 Å². The van der Waals surface area contributed by atoms with Crippen molar-refractivity contribution in [1.82, 2.24) is 14.4 Å². The zero-order valence-electron chi connectivity index (χ0n) is 7.23. The molecule has 2 aromatic heterocycles. The van der Waals surface area contributed by atoms with Crippen molar-refractivity contribution in [3.8, 4) is 0 Å². The van der Waals surface area contributed by atoms with Crippen molar-refractivity contribution in [2.45, 2.75) is 6.92 Å². The number of aryl methyl sites for hydroxylation is 1. The van der Waals surface area contributed by atoms with E-state index in [-0.39, 0.29) is 0 Å². The van der Waals surface area contributed by atoms with E-state index in [1.807, 2.05) is 0 Å². The minimum Gasteiger partial charge on any atom is -0.272 e. The van der Waals surface area contributed by atoms with Gasteiger partial charge in [-0.3, -0.25) is 4.40 Å². The van der Waals surface area contributed by atoms with Gasteiger partial charge in [0.05, 0.1) is 11.9 Å². The number of halogens is 1. The number of aromatic nitrogens is 3. The Bertz CT molecular complexity index is 542. The zero-order valence-corrected chi connectivity index (χ0v) is 7.99. The molecule has 2 heterocycles. The number of rotatable bonds is 1. The molecule has 5 nitrogen and oxygen atoms in total. The number of hydrogen-bond donors (Lipinski definition) is 0. The van der Waals surface area contributed by atoms with Gasteiger partial charge in [0.15, 0.2) is 0 Å². The van der Waals surface area contributed by atoms with Crippen molar-refractivity contribution in [2.75, 3.05) is 0 Å². The highest BCUT2D eigenvalue weighted by molar-refractivity contribution is 6.30. The van der Waals surface area contributed by atoms with Crippen molar-refractivity contribution >= 4 is 29.1 Å². The van der Waals surface area contributed by atoms with Crippen LogP contribution < -0.4 is 0 Å². The molecule has 0 saturated heterocycles. The zero-order chi connectivity index (χ0) is 10.1. The van der Waals surface area contributed by atoms with E-state index in [1.54, 1.807) is 17.5 Å². The van der Waals surface area contributed by atoms with Crippen LogP contribution in [-0.2, 0) is 4.79 Å². The van der Waals surface area contributed by atoms with Gasteiger partial charge in [0.2, 0.25) is 11.9 Å². The number of aliphatic imine (C=N–C) groups is 1. The quantitative estimate of drug-likeness (QED) is 0.529. The molecule has 0 spiro atoms. The summed E-state index contributed by atoms with van der Waals surface area (Å²) < 4.78 is 1.56. The average Bonchev–Trinajstić information content (AvgIpc) is 2.45. The molecule has 0 bridgehead atoms. The molecule has 0 unspecified atom stereocenters. The Morgan fingerprint density at radius 2 is 2.43 bits per heavy atom. The Kier molecular flexibility index (Phi) is 2.04. The van der Waals surface area contributed by atoms with Crippen LogP contribution in [0.1, 0.15) is 5.69 Å². The second-order valence-electron chi connectivity index (χ2n) is 2.67. The molecule has 0 saturated carbocycles. The molecule has 2 rings (SSSR count). The molecule has 0 aliphatic carbocycles. The lowest BCUT2D eigenvalue weighted by atomic mass is 10.5. The molecule has 0 fully saturated rings. The van der Waals surface area contributed by atoms with Crippen LogP contribution in [0.5, 0.6) is 0 Å². The Balaban J connectivity index is 2.75. The van der Waals surface area contributed by atoms with Crippen LogP contribution in [0, 0.1) is 6.92 Å². The van der Waals surface area contributed by atoms with Gasteiger partial charge >= 0.3 is 0 Å². The van der Waals surface area contributed by atoms with Crippen LogP contribution in [-0.4, -0.2) is 20.4 Å². The third-order valence-electron chi connectivity index (χ3n) is 1.74. The van der Waals surface area contributed by atoms with E-state index in [0.717, 1.165) is 0 Å². The van der Waals surface area contributed by atoms with Gasteiger partial charge in [-0.05, 0) is 6.92 Å². The molecule has 0 aliphatic rings. The molecule has 2 aromatic rings. The van der Waals surface area contributed by atoms with Crippen LogP contribution in [0.4, 0.5) is 5.69 Å². The Labute approximate surface area is 84.1 Å². The van der Waals surface area contributed by atoms with E-state index >= 15 is 0 Å². The highest BCUT2D eigenvalue weighted by Gasteiger charge is 2.06. The molecule has 0 N–H and O–H groups in total. The van der Waals surface area contributed by atoms with Crippen molar-refractivity contribution in [3.63, 3.8) is 0 Å². The van der Waals surface area contributed by atoms with Gasteiger partial charge in [-0.25, -0.2) is 14.8 Å². The number of hydrogen-bond acceptors (Lipinski definition) is 4. The standard InChI is InChI=1S/C8H5ClN4O/c1-5-7(9)13-3-6(11-4-14)2-10-8(13)12-5/h2-3H,1H3.